The van der Waals surface area contributed by atoms with Crippen LogP contribution in [0.3, 0.4) is 0 Å². The number of aliphatic hydroxyl groups is 1. The number of carbonyl (C=O) groups excluding carboxylic acids is 4. The molecule has 0 fully saturated rings. The molecule has 4 amide bonds. The first-order valence-corrected chi connectivity index (χ1v) is 11.3. The van der Waals surface area contributed by atoms with Gasteiger partial charge in [-0.3, -0.25) is 19.2 Å². The Hall–Kier alpha value is -4.30. The Bertz CT molecular complexity index is 1080. The van der Waals surface area contributed by atoms with E-state index in [9.17, 15) is 34.2 Å². The zero-order valence-electron chi connectivity index (χ0n) is 20.1. The van der Waals surface area contributed by atoms with Gasteiger partial charge in [-0.1, -0.05) is 30.3 Å². The van der Waals surface area contributed by atoms with Crippen LogP contribution in [0.25, 0.3) is 0 Å². The van der Waals surface area contributed by atoms with E-state index in [1.165, 1.54) is 19.4 Å². The predicted molar refractivity (Wildman–Crippen MR) is 129 cm³/mol. The number of aromatic nitrogens is 2. The number of nitrogens with one attached hydrogen (secondary N) is 4. The molecule has 1 aromatic heterocycles. The Morgan fingerprint density at radius 3 is 2.16 bits per heavy atom. The van der Waals surface area contributed by atoms with Crippen molar-refractivity contribution < 1.29 is 34.2 Å². The molecule has 1 aromatic carbocycles. The molecule has 0 aliphatic heterocycles. The maximum Gasteiger partial charge on any atom is 0.326 e. The van der Waals surface area contributed by atoms with Gasteiger partial charge in [0.2, 0.25) is 23.6 Å². The van der Waals surface area contributed by atoms with E-state index in [-0.39, 0.29) is 12.8 Å². The zero-order chi connectivity index (χ0) is 27.5. The number of carboxylic acids is 1. The van der Waals surface area contributed by atoms with Crippen molar-refractivity contribution in [3.05, 3.63) is 54.1 Å². The Kier molecular flexibility index (Phi) is 10.7. The first kappa shape index (κ1) is 28.9. The van der Waals surface area contributed by atoms with Crippen molar-refractivity contribution in [1.82, 2.24) is 25.9 Å². The maximum atomic E-state index is 12.9. The minimum atomic E-state index is -1.61. The van der Waals surface area contributed by atoms with E-state index in [0.29, 0.717) is 5.69 Å². The van der Waals surface area contributed by atoms with Gasteiger partial charge >= 0.3 is 5.97 Å². The van der Waals surface area contributed by atoms with Crippen LogP contribution in [0.4, 0.5) is 0 Å². The normalized spacial score (nSPS) is 14.9. The standard InChI is InChI=1S/C23H31N7O7/c1-12(31)19(22(35)29-17(23(36)37)8-14-10-26-11-27-14)30-21(34)16(9-18(25)32)28-20(33)15(24)7-13-5-3-2-4-6-13/h2-6,10-12,15-17,19,31H,7-9,24H2,1H3,(H2,25,32)(H,26,27)(H,28,33)(H,29,35)(H,30,34)(H,36,37). The van der Waals surface area contributed by atoms with Crippen LogP contribution in [-0.2, 0) is 36.8 Å². The Balaban J connectivity index is 2.08. The summed E-state index contributed by atoms with van der Waals surface area (Å²) in [5, 5.41) is 26.4. The number of hydrogen-bond acceptors (Lipinski definition) is 8. The molecule has 0 spiro atoms. The smallest absolute Gasteiger partial charge is 0.326 e. The number of nitrogens with two attached hydrogens (primary N) is 2. The second-order valence-corrected chi connectivity index (χ2v) is 8.44. The highest BCUT2D eigenvalue weighted by Crippen LogP contribution is 2.05. The fourth-order valence-corrected chi connectivity index (χ4v) is 3.39. The maximum absolute atomic E-state index is 12.9. The summed E-state index contributed by atoms with van der Waals surface area (Å²) in [6, 6.07) is 3.31. The highest BCUT2D eigenvalue weighted by molar-refractivity contribution is 5.96. The van der Waals surface area contributed by atoms with E-state index in [1.54, 1.807) is 30.3 Å². The van der Waals surface area contributed by atoms with E-state index in [2.05, 4.69) is 25.9 Å². The number of amides is 4. The van der Waals surface area contributed by atoms with Crippen LogP contribution in [0, 0.1) is 0 Å². The van der Waals surface area contributed by atoms with Crippen molar-refractivity contribution in [3.8, 4) is 0 Å². The SMILES string of the molecule is CC(O)C(NC(=O)C(CC(N)=O)NC(=O)C(N)Cc1ccccc1)C(=O)NC(Cc1cnc[nH]1)C(=O)O. The molecule has 200 valence electrons. The summed E-state index contributed by atoms with van der Waals surface area (Å²) in [6.07, 6.45) is 0.672. The second kappa shape index (κ2) is 13.7. The summed E-state index contributed by atoms with van der Waals surface area (Å²) in [7, 11) is 0. The lowest BCUT2D eigenvalue weighted by molar-refractivity contribution is -0.143. The molecule has 14 nitrogen and oxygen atoms in total. The molecule has 0 saturated heterocycles. The molecule has 1 heterocycles. The number of carboxylic acid groups (broad SMARTS) is 1. The Labute approximate surface area is 212 Å². The third kappa shape index (κ3) is 9.35. The van der Waals surface area contributed by atoms with Crippen LogP contribution in [-0.4, -0.2) is 80.1 Å². The van der Waals surface area contributed by atoms with Crippen LogP contribution >= 0.6 is 0 Å². The molecule has 37 heavy (non-hydrogen) atoms. The minimum Gasteiger partial charge on any atom is -0.480 e. The van der Waals surface area contributed by atoms with Crippen LogP contribution < -0.4 is 27.4 Å². The monoisotopic (exact) mass is 517 g/mol. The van der Waals surface area contributed by atoms with Crippen molar-refractivity contribution in [2.24, 2.45) is 11.5 Å². The van der Waals surface area contributed by atoms with Crippen molar-refractivity contribution in [3.63, 3.8) is 0 Å². The molecular formula is C23H31N7O7. The number of imidazole rings is 1. The van der Waals surface area contributed by atoms with Crippen LogP contribution in [0.2, 0.25) is 0 Å². The molecule has 0 aliphatic carbocycles. The quantitative estimate of drug-likeness (QED) is 0.130. The molecule has 0 bridgehead atoms. The van der Waals surface area contributed by atoms with E-state index >= 15 is 0 Å². The Morgan fingerprint density at radius 2 is 1.62 bits per heavy atom. The van der Waals surface area contributed by atoms with Gasteiger partial charge in [0.05, 0.1) is 24.9 Å². The summed E-state index contributed by atoms with van der Waals surface area (Å²) < 4.78 is 0. The fraction of sp³-hybridized carbons (Fsp3) is 0.391. The zero-order valence-corrected chi connectivity index (χ0v) is 20.1. The molecule has 5 unspecified atom stereocenters. The summed E-state index contributed by atoms with van der Waals surface area (Å²) in [5.74, 6) is -5.01. The van der Waals surface area contributed by atoms with Crippen molar-refractivity contribution in [2.75, 3.05) is 0 Å². The van der Waals surface area contributed by atoms with Gasteiger partial charge in [-0.2, -0.15) is 0 Å². The number of H-pyrrole nitrogens is 1. The van der Waals surface area contributed by atoms with Crippen molar-refractivity contribution in [1.29, 1.82) is 0 Å². The summed E-state index contributed by atoms with van der Waals surface area (Å²) in [6.45, 7) is 1.20. The number of primary amides is 1. The molecule has 14 heteroatoms. The molecule has 2 aromatic rings. The molecule has 2 rings (SSSR count). The van der Waals surface area contributed by atoms with Crippen LogP contribution in [0.5, 0.6) is 0 Å². The highest BCUT2D eigenvalue weighted by atomic mass is 16.4. The topological polar surface area (TPSA) is 243 Å². The number of carbonyl (C=O) groups is 5. The lowest BCUT2D eigenvalue weighted by Crippen LogP contribution is -2.60. The first-order valence-electron chi connectivity index (χ1n) is 11.3. The predicted octanol–water partition coefficient (Wildman–Crippen LogP) is -2.68. The summed E-state index contributed by atoms with van der Waals surface area (Å²) >= 11 is 0. The number of benzene rings is 1. The Morgan fingerprint density at radius 1 is 0.973 bits per heavy atom. The average molecular weight is 518 g/mol. The average Bonchev–Trinajstić information content (AvgIpc) is 3.34. The third-order valence-electron chi connectivity index (χ3n) is 5.33. The lowest BCUT2D eigenvalue weighted by Gasteiger charge is -2.26. The van der Waals surface area contributed by atoms with Crippen molar-refractivity contribution in [2.45, 2.75) is 56.5 Å². The van der Waals surface area contributed by atoms with Gasteiger partial charge in [0.1, 0.15) is 18.1 Å². The van der Waals surface area contributed by atoms with Crippen molar-refractivity contribution >= 4 is 29.6 Å². The number of aliphatic carboxylic acids is 1. The fourth-order valence-electron chi connectivity index (χ4n) is 3.39. The van der Waals surface area contributed by atoms with E-state index < -0.39 is 66.3 Å². The van der Waals surface area contributed by atoms with Gasteiger partial charge in [0, 0.05) is 18.3 Å². The van der Waals surface area contributed by atoms with Gasteiger partial charge in [0.15, 0.2) is 0 Å². The van der Waals surface area contributed by atoms with Gasteiger partial charge in [-0.05, 0) is 18.9 Å². The molecule has 0 radical (unpaired) electrons. The van der Waals surface area contributed by atoms with Gasteiger partial charge in [-0.25, -0.2) is 9.78 Å². The molecule has 5 atom stereocenters. The number of rotatable bonds is 14. The molecular weight excluding hydrogens is 486 g/mol. The number of aromatic amines is 1. The molecule has 0 saturated carbocycles. The highest BCUT2D eigenvalue weighted by Gasteiger charge is 2.33. The lowest BCUT2D eigenvalue weighted by atomic mass is 10.0. The van der Waals surface area contributed by atoms with E-state index in [4.69, 9.17) is 11.5 Å². The van der Waals surface area contributed by atoms with Crippen LogP contribution in [0.1, 0.15) is 24.6 Å². The number of hydrogen-bond donors (Lipinski definition) is 8. The largest absolute Gasteiger partial charge is 0.480 e. The summed E-state index contributed by atoms with van der Waals surface area (Å²) in [4.78, 5) is 67.9. The molecule has 10 N–H and O–H groups in total. The second-order valence-electron chi connectivity index (χ2n) is 8.44. The van der Waals surface area contributed by atoms with Crippen LogP contribution in [0.15, 0.2) is 42.9 Å². The minimum absolute atomic E-state index is 0.138. The first-order chi connectivity index (χ1) is 17.5. The molecule has 0 aliphatic rings. The summed E-state index contributed by atoms with van der Waals surface area (Å²) in [5.41, 5.74) is 12.4. The van der Waals surface area contributed by atoms with E-state index in [1.807, 2.05) is 0 Å². The van der Waals surface area contributed by atoms with Gasteiger partial charge < -0.3 is 42.6 Å². The van der Waals surface area contributed by atoms with E-state index in [0.717, 1.165) is 5.56 Å². The van der Waals surface area contributed by atoms with Gasteiger partial charge in [0.25, 0.3) is 0 Å². The number of nitrogens with zero attached hydrogens (tertiary/aromatic N) is 1. The third-order valence-corrected chi connectivity index (χ3v) is 5.33. The van der Waals surface area contributed by atoms with Gasteiger partial charge in [-0.15, -0.1) is 0 Å². The number of aliphatic hydroxyl groups excluding tert-OH is 1.